The van der Waals surface area contributed by atoms with Crippen molar-refractivity contribution in [2.45, 2.75) is 50.9 Å². The summed E-state index contributed by atoms with van der Waals surface area (Å²) in [5, 5.41) is 12.8. The molecule has 0 amide bonds. The Morgan fingerprint density at radius 2 is 2.09 bits per heavy atom. The third-order valence-electron chi connectivity index (χ3n) is 3.95. The second kappa shape index (κ2) is 6.20. The summed E-state index contributed by atoms with van der Waals surface area (Å²) in [6, 6.07) is 1.98. The van der Waals surface area contributed by atoms with Crippen molar-refractivity contribution in [3.05, 3.63) is 11.8 Å². The van der Waals surface area contributed by atoms with Gasteiger partial charge in [0.25, 0.3) is 0 Å². The molecule has 23 heavy (non-hydrogen) atoms. The molecule has 0 saturated carbocycles. The molecule has 0 radical (unpaired) electrons. The van der Waals surface area contributed by atoms with Crippen LogP contribution < -0.4 is 10.1 Å². The second-order valence-electron chi connectivity index (χ2n) is 6.25. The SMILES string of the molecule is COc1nc(C)cc(N[C@@H]2CO[C@H](CO)[C@@H]3OC(C)(C)O[C@@H]32)n1. The van der Waals surface area contributed by atoms with Crippen LogP contribution in [0.5, 0.6) is 6.01 Å². The molecule has 1 aromatic rings. The van der Waals surface area contributed by atoms with Crippen molar-refractivity contribution in [1.82, 2.24) is 9.97 Å². The molecule has 4 atom stereocenters. The zero-order valence-corrected chi connectivity index (χ0v) is 13.8. The van der Waals surface area contributed by atoms with Crippen LogP contribution in [0.25, 0.3) is 0 Å². The summed E-state index contributed by atoms with van der Waals surface area (Å²) < 4.78 is 22.7. The van der Waals surface area contributed by atoms with E-state index in [4.69, 9.17) is 18.9 Å². The zero-order valence-electron chi connectivity index (χ0n) is 13.8. The molecule has 2 N–H and O–H groups in total. The molecule has 3 heterocycles. The van der Waals surface area contributed by atoms with Crippen LogP contribution in [0.2, 0.25) is 0 Å². The minimum Gasteiger partial charge on any atom is -0.467 e. The first-order valence-corrected chi connectivity index (χ1v) is 7.66. The maximum Gasteiger partial charge on any atom is 0.318 e. The van der Waals surface area contributed by atoms with E-state index in [2.05, 4.69) is 15.3 Å². The van der Waals surface area contributed by atoms with Crippen molar-refractivity contribution in [3.8, 4) is 6.01 Å². The van der Waals surface area contributed by atoms with Gasteiger partial charge < -0.3 is 29.4 Å². The van der Waals surface area contributed by atoms with Gasteiger partial charge in [0.15, 0.2) is 5.79 Å². The highest BCUT2D eigenvalue weighted by atomic mass is 16.8. The number of ether oxygens (including phenoxy) is 4. The van der Waals surface area contributed by atoms with E-state index in [9.17, 15) is 5.11 Å². The maximum atomic E-state index is 9.47. The number of rotatable bonds is 4. The van der Waals surface area contributed by atoms with Gasteiger partial charge in [-0.05, 0) is 20.8 Å². The number of methoxy groups -OCH3 is 1. The monoisotopic (exact) mass is 325 g/mol. The Morgan fingerprint density at radius 3 is 2.78 bits per heavy atom. The van der Waals surface area contributed by atoms with Gasteiger partial charge in [-0.1, -0.05) is 0 Å². The fourth-order valence-electron chi connectivity index (χ4n) is 3.01. The van der Waals surface area contributed by atoms with Gasteiger partial charge in [0.2, 0.25) is 0 Å². The molecule has 8 nitrogen and oxygen atoms in total. The molecule has 0 aromatic carbocycles. The summed E-state index contributed by atoms with van der Waals surface area (Å²) in [4.78, 5) is 8.46. The van der Waals surface area contributed by atoms with Crippen LogP contribution in [0.3, 0.4) is 0 Å². The molecular weight excluding hydrogens is 302 g/mol. The number of aryl methyl sites for hydroxylation is 1. The Labute approximate surface area is 135 Å². The van der Waals surface area contributed by atoms with E-state index in [1.54, 1.807) is 0 Å². The molecule has 8 heteroatoms. The Hall–Kier alpha value is -1.48. The lowest BCUT2D eigenvalue weighted by molar-refractivity contribution is -0.157. The zero-order chi connectivity index (χ0) is 16.6. The third kappa shape index (κ3) is 3.40. The standard InChI is InChI=1S/C15H23N3O5/c1-8-5-11(18-14(16-8)20-4)17-9-7-21-10(6-19)13-12(9)22-15(2,3)23-13/h5,9-10,12-13,19H,6-7H2,1-4H3,(H,16,17,18)/t9-,10-,12-,13+/m1/s1. The van der Waals surface area contributed by atoms with Gasteiger partial charge in [0.1, 0.15) is 24.1 Å². The molecule has 2 aliphatic heterocycles. The summed E-state index contributed by atoms with van der Waals surface area (Å²) in [6.45, 7) is 5.87. The van der Waals surface area contributed by atoms with Crippen molar-refractivity contribution < 1.29 is 24.1 Å². The van der Waals surface area contributed by atoms with Gasteiger partial charge >= 0.3 is 6.01 Å². The predicted molar refractivity (Wildman–Crippen MR) is 81.4 cm³/mol. The van der Waals surface area contributed by atoms with Gasteiger partial charge in [-0.3, -0.25) is 0 Å². The van der Waals surface area contributed by atoms with Gasteiger partial charge in [-0.25, -0.2) is 4.98 Å². The molecule has 0 aliphatic carbocycles. The summed E-state index contributed by atoms with van der Waals surface area (Å²) in [5.41, 5.74) is 0.796. The molecule has 2 aliphatic rings. The lowest BCUT2D eigenvalue weighted by atomic mass is 9.98. The van der Waals surface area contributed by atoms with Crippen molar-refractivity contribution in [2.24, 2.45) is 0 Å². The quantitative estimate of drug-likeness (QED) is 0.826. The number of anilines is 1. The second-order valence-corrected chi connectivity index (χ2v) is 6.25. The lowest BCUT2D eigenvalue weighted by Crippen LogP contribution is -2.55. The maximum absolute atomic E-state index is 9.47. The number of nitrogens with one attached hydrogen (secondary N) is 1. The number of aromatic nitrogens is 2. The largest absolute Gasteiger partial charge is 0.467 e. The highest BCUT2D eigenvalue weighted by Gasteiger charge is 2.51. The Morgan fingerprint density at radius 1 is 1.35 bits per heavy atom. The fourth-order valence-corrected chi connectivity index (χ4v) is 3.01. The molecule has 1 aromatic heterocycles. The van der Waals surface area contributed by atoms with E-state index in [1.165, 1.54) is 7.11 Å². The normalized spacial score (nSPS) is 32.4. The van der Waals surface area contributed by atoms with Crippen molar-refractivity contribution >= 4 is 5.82 Å². The Bertz CT molecular complexity index is 568. The summed E-state index contributed by atoms with van der Waals surface area (Å²) >= 11 is 0. The predicted octanol–water partition coefficient (Wildman–Crippen LogP) is 0.485. The van der Waals surface area contributed by atoms with E-state index in [0.717, 1.165) is 5.69 Å². The number of nitrogens with zero attached hydrogens (tertiary/aromatic N) is 2. The van der Waals surface area contributed by atoms with Crippen molar-refractivity contribution in [2.75, 3.05) is 25.6 Å². The molecule has 0 bridgehead atoms. The van der Waals surface area contributed by atoms with E-state index in [0.29, 0.717) is 18.4 Å². The van der Waals surface area contributed by atoms with E-state index >= 15 is 0 Å². The summed E-state index contributed by atoms with van der Waals surface area (Å²) in [7, 11) is 1.53. The molecular formula is C15H23N3O5. The van der Waals surface area contributed by atoms with Crippen LogP contribution in [0.15, 0.2) is 6.07 Å². The molecule has 3 rings (SSSR count). The first kappa shape index (κ1) is 16.4. The highest BCUT2D eigenvalue weighted by molar-refractivity contribution is 5.39. The minimum atomic E-state index is -0.713. The number of hydrogen-bond donors (Lipinski definition) is 2. The lowest BCUT2D eigenvalue weighted by Gasteiger charge is -2.36. The smallest absolute Gasteiger partial charge is 0.318 e. The molecule has 2 saturated heterocycles. The number of aliphatic hydroxyl groups is 1. The van der Waals surface area contributed by atoms with Crippen molar-refractivity contribution in [1.29, 1.82) is 0 Å². The van der Waals surface area contributed by atoms with E-state index in [1.807, 2.05) is 26.8 Å². The van der Waals surface area contributed by atoms with Crippen LogP contribution >= 0.6 is 0 Å². The van der Waals surface area contributed by atoms with Crippen molar-refractivity contribution in [3.63, 3.8) is 0 Å². The highest BCUT2D eigenvalue weighted by Crippen LogP contribution is 2.36. The molecule has 0 unspecified atom stereocenters. The van der Waals surface area contributed by atoms with Gasteiger partial charge in [0, 0.05) is 11.8 Å². The number of fused-ring (bicyclic) bond motifs is 1. The first-order valence-electron chi connectivity index (χ1n) is 7.66. The van der Waals surface area contributed by atoms with Crippen LogP contribution in [0.1, 0.15) is 19.5 Å². The summed E-state index contributed by atoms with van der Waals surface area (Å²) in [5.74, 6) is -0.0761. The molecule has 128 valence electrons. The fraction of sp³-hybridized carbons (Fsp3) is 0.733. The van der Waals surface area contributed by atoms with Crippen LogP contribution in [-0.4, -0.2) is 65.5 Å². The topological polar surface area (TPSA) is 95.0 Å². The van der Waals surface area contributed by atoms with Crippen LogP contribution in [-0.2, 0) is 14.2 Å². The molecule has 0 spiro atoms. The van der Waals surface area contributed by atoms with Crippen LogP contribution in [0, 0.1) is 6.92 Å². The number of hydrogen-bond acceptors (Lipinski definition) is 8. The average molecular weight is 325 g/mol. The third-order valence-corrected chi connectivity index (χ3v) is 3.95. The number of aliphatic hydroxyl groups excluding tert-OH is 1. The Balaban J connectivity index is 1.79. The van der Waals surface area contributed by atoms with Crippen LogP contribution in [0.4, 0.5) is 5.82 Å². The summed E-state index contributed by atoms with van der Waals surface area (Å²) in [6.07, 6.45) is -0.954. The van der Waals surface area contributed by atoms with Gasteiger partial charge in [-0.15, -0.1) is 0 Å². The van der Waals surface area contributed by atoms with E-state index in [-0.39, 0.29) is 31.0 Å². The Kier molecular flexibility index (Phi) is 4.41. The van der Waals surface area contributed by atoms with Gasteiger partial charge in [0.05, 0.1) is 26.4 Å². The molecule has 2 fully saturated rings. The van der Waals surface area contributed by atoms with Gasteiger partial charge in [-0.2, -0.15) is 4.98 Å². The first-order chi connectivity index (χ1) is 10.9. The average Bonchev–Trinajstić information content (AvgIpc) is 2.82. The van der Waals surface area contributed by atoms with E-state index < -0.39 is 5.79 Å². The minimum absolute atomic E-state index is 0.103.